The molecular formula is C22H28N2O3. The lowest BCUT2D eigenvalue weighted by molar-refractivity contribution is 0.0918. The van der Waals surface area contributed by atoms with Crippen LogP contribution in [0.2, 0.25) is 0 Å². The number of amides is 2. The Morgan fingerprint density at radius 3 is 2.30 bits per heavy atom. The van der Waals surface area contributed by atoms with Crippen LogP contribution in [0.3, 0.4) is 0 Å². The van der Waals surface area contributed by atoms with Crippen molar-refractivity contribution in [2.75, 3.05) is 11.9 Å². The highest BCUT2D eigenvalue weighted by Gasteiger charge is 2.16. The maximum absolute atomic E-state index is 12.5. The summed E-state index contributed by atoms with van der Waals surface area (Å²) in [6, 6.07) is 14.0. The molecule has 0 fully saturated rings. The maximum Gasteiger partial charge on any atom is 0.255 e. The predicted molar refractivity (Wildman–Crippen MR) is 108 cm³/mol. The van der Waals surface area contributed by atoms with Crippen molar-refractivity contribution in [3.05, 3.63) is 59.7 Å². The highest BCUT2D eigenvalue weighted by atomic mass is 16.5. The molecule has 0 unspecified atom stereocenters. The molecule has 0 saturated carbocycles. The number of anilines is 1. The Morgan fingerprint density at radius 2 is 1.63 bits per heavy atom. The molecule has 0 spiro atoms. The standard InChI is InChI=1S/C22H28N2O3/c1-5-6-13-27-19-12-8-10-17(15-19)20(25)23-18-11-7-9-16(14-18)21(26)24-22(2,3)4/h7-12,14-15H,5-6,13H2,1-4H3,(H,23,25)(H,24,26). The Hall–Kier alpha value is -2.82. The van der Waals surface area contributed by atoms with Crippen molar-refractivity contribution in [1.82, 2.24) is 5.32 Å². The van der Waals surface area contributed by atoms with Crippen LogP contribution in [0.4, 0.5) is 5.69 Å². The fourth-order valence-electron chi connectivity index (χ4n) is 2.42. The summed E-state index contributed by atoms with van der Waals surface area (Å²) in [5, 5.41) is 5.75. The molecule has 2 N–H and O–H groups in total. The number of nitrogens with one attached hydrogen (secondary N) is 2. The van der Waals surface area contributed by atoms with Gasteiger partial charge in [0.15, 0.2) is 0 Å². The molecule has 0 saturated heterocycles. The van der Waals surface area contributed by atoms with Crippen molar-refractivity contribution in [3.8, 4) is 5.75 Å². The summed E-state index contributed by atoms with van der Waals surface area (Å²) < 4.78 is 5.65. The number of carbonyl (C=O) groups is 2. The van der Waals surface area contributed by atoms with E-state index >= 15 is 0 Å². The molecule has 0 aliphatic rings. The van der Waals surface area contributed by atoms with Gasteiger partial charge in [-0.3, -0.25) is 9.59 Å². The van der Waals surface area contributed by atoms with Crippen molar-refractivity contribution in [2.24, 2.45) is 0 Å². The zero-order valence-corrected chi connectivity index (χ0v) is 16.5. The molecule has 0 bridgehead atoms. The first kappa shape index (κ1) is 20.5. The third kappa shape index (κ3) is 6.77. The van der Waals surface area contributed by atoms with Crippen LogP contribution in [0.25, 0.3) is 0 Å². The van der Waals surface area contributed by atoms with Gasteiger partial charge in [-0.1, -0.05) is 25.5 Å². The first-order valence-electron chi connectivity index (χ1n) is 9.25. The minimum absolute atomic E-state index is 0.176. The third-order valence-electron chi connectivity index (χ3n) is 3.73. The zero-order valence-electron chi connectivity index (χ0n) is 16.5. The Kier molecular flexibility index (Phi) is 6.99. The number of carbonyl (C=O) groups excluding carboxylic acids is 2. The fraction of sp³-hybridized carbons (Fsp3) is 0.364. The van der Waals surface area contributed by atoms with Gasteiger partial charge in [-0.25, -0.2) is 0 Å². The Balaban J connectivity index is 2.06. The van der Waals surface area contributed by atoms with E-state index in [0.717, 1.165) is 12.8 Å². The van der Waals surface area contributed by atoms with Gasteiger partial charge in [-0.2, -0.15) is 0 Å². The van der Waals surface area contributed by atoms with Crippen LogP contribution in [0.5, 0.6) is 5.75 Å². The summed E-state index contributed by atoms with van der Waals surface area (Å²) >= 11 is 0. The normalized spacial score (nSPS) is 11.0. The molecule has 0 radical (unpaired) electrons. The predicted octanol–water partition coefficient (Wildman–Crippen LogP) is 4.65. The lowest BCUT2D eigenvalue weighted by atomic mass is 10.1. The molecule has 0 aliphatic carbocycles. The SMILES string of the molecule is CCCCOc1cccc(C(=O)Nc2cccc(C(=O)NC(C)(C)C)c2)c1. The van der Waals surface area contributed by atoms with Crippen LogP contribution in [0, 0.1) is 0 Å². The maximum atomic E-state index is 12.5. The lowest BCUT2D eigenvalue weighted by Crippen LogP contribution is -2.40. The first-order chi connectivity index (χ1) is 12.8. The molecule has 2 rings (SSSR count). The van der Waals surface area contributed by atoms with E-state index in [4.69, 9.17) is 4.74 Å². The topological polar surface area (TPSA) is 67.4 Å². The van der Waals surface area contributed by atoms with E-state index in [1.54, 1.807) is 42.5 Å². The van der Waals surface area contributed by atoms with E-state index < -0.39 is 0 Å². The van der Waals surface area contributed by atoms with E-state index in [9.17, 15) is 9.59 Å². The minimum Gasteiger partial charge on any atom is -0.494 e. The van der Waals surface area contributed by atoms with E-state index in [1.807, 2.05) is 26.8 Å². The van der Waals surface area contributed by atoms with Crippen LogP contribution in [-0.2, 0) is 0 Å². The second-order valence-electron chi connectivity index (χ2n) is 7.47. The van der Waals surface area contributed by atoms with Crippen LogP contribution in [0.1, 0.15) is 61.3 Å². The van der Waals surface area contributed by atoms with E-state index in [-0.39, 0.29) is 17.4 Å². The number of unbranched alkanes of at least 4 members (excludes halogenated alkanes) is 1. The number of ether oxygens (including phenoxy) is 1. The Labute approximate surface area is 161 Å². The molecule has 0 aromatic heterocycles. The number of hydrogen-bond acceptors (Lipinski definition) is 3. The smallest absolute Gasteiger partial charge is 0.255 e. The fourth-order valence-corrected chi connectivity index (χ4v) is 2.42. The quantitative estimate of drug-likeness (QED) is 0.699. The molecule has 2 amide bonds. The monoisotopic (exact) mass is 368 g/mol. The van der Waals surface area contributed by atoms with Crippen LogP contribution in [0.15, 0.2) is 48.5 Å². The molecule has 144 valence electrons. The summed E-state index contributed by atoms with van der Waals surface area (Å²) in [5.41, 5.74) is 1.25. The first-order valence-corrected chi connectivity index (χ1v) is 9.25. The van der Waals surface area contributed by atoms with E-state index in [1.165, 1.54) is 0 Å². The molecule has 2 aromatic carbocycles. The number of rotatable bonds is 7. The largest absolute Gasteiger partial charge is 0.494 e. The van der Waals surface area contributed by atoms with Crippen molar-refractivity contribution < 1.29 is 14.3 Å². The lowest BCUT2D eigenvalue weighted by Gasteiger charge is -2.20. The van der Waals surface area contributed by atoms with E-state index in [0.29, 0.717) is 29.2 Å². The highest BCUT2D eigenvalue weighted by Crippen LogP contribution is 2.17. The molecule has 0 atom stereocenters. The number of benzene rings is 2. The van der Waals surface area contributed by atoms with Gasteiger partial charge in [0, 0.05) is 22.4 Å². The summed E-state index contributed by atoms with van der Waals surface area (Å²) in [4.78, 5) is 24.8. The number of hydrogen-bond donors (Lipinski definition) is 2. The van der Waals surface area contributed by atoms with Gasteiger partial charge in [0.25, 0.3) is 11.8 Å². The van der Waals surface area contributed by atoms with Crippen molar-refractivity contribution >= 4 is 17.5 Å². The van der Waals surface area contributed by atoms with Gasteiger partial charge >= 0.3 is 0 Å². The van der Waals surface area contributed by atoms with Crippen molar-refractivity contribution in [3.63, 3.8) is 0 Å². The summed E-state index contributed by atoms with van der Waals surface area (Å²) in [6.07, 6.45) is 2.03. The molecule has 5 nitrogen and oxygen atoms in total. The minimum atomic E-state index is -0.325. The van der Waals surface area contributed by atoms with Crippen LogP contribution < -0.4 is 15.4 Å². The van der Waals surface area contributed by atoms with Crippen LogP contribution >= 0.6 is 0 Å². The Bertz CT molecular complexity index is 794. The van der Waals surface area contributed by atoms with Gasteiger partial charge < -0.3 is 15.4 Å². The molecule has 2 aromatic rings. The van der Waals surface area contributed by atoms with Gasteiger partial charge in [0.1, 0.15) is 5.75 Å². The molecule has 5 heteroatoms. The summed E-state index contributed by atoms with van der Waals surface area (Å²) in [7, 11) is 0. The molecule has 0 aliphatic heterocycles. The van der Waals surface area contributed by atoms with Crippen LogP contribution in [-0.4, -0.2) is 24.0 Å². The summed E-state index contributed by atoms with van der Waals surface area (Å²) in [5.74, 6) is 0.253. The summed E-state index contributed by atoms with van der Waals surface area (Å²) in [6.45, 7) is 8.50. The van der Waals surface area contributed by atoms with Gasteiger partial charge in [-0.05, 0) is 63.6 Å². The highest BCUT2D eigenvalue weighted by molar-refractivity contribution is 6.05. The van der Waals surface area contributed by atoms with E-state index in [2.05, 4.69) is 17.6 Å². The molecule has 0 heterocycles. The van der Waals surface area contributed by atoms with Crippen molar-refractivity contribution in [2.45, 2.75) is 46.1 Å². The van der Waals surface area contributed by atoms with Gasteiger partial charge in [0.05, 0.1) is 6.61 Å². The average molecular weight is 368 g/mol. The van der Waals surface area contributed by atoms with Gasteiger partial charge in [-0.15, -0.1) is 0 Å². The van der Waals surface area contributed by atoms with Crippen molar-refractivity contribution in [1.29, 1.82) is 0 Å². The van der Waals surface area contributed by atoms with Gasteiger partial charge in [0.2, 0.25) is 0 Å². The average Bonchev–Trinajstić information content (AvgIpc) is 2.61. The molecular weight excluding hydrogens is 340 g/mol. The Morgan fingerprint density at radius 1 is 0.963 bits per heavy atom. The second kappa shape index (κ2) is 9.21. The third-order valence-corrected chi connectivity index (χ3v) is 3.73. The molecule has 27 heavy (non-hydrogen) atoms. The zero-order chi connectivity index (χ0) is 19.9. The second-order valence-corrected chi connectivity index (χ2v) is 7.47.